The number of ether oxygens (including phenoxy) is 1. The second kappa shape index (κ2) is 5.40. The molecule has 20 heavy (non-hydrogen) atoms. The first-order valence-electron chi connectivity index (χ1n) is 6.69. The number of carbonyl (C=O) groups is 1. The van der Waals surface area contributed by atoms with Crippen molar-refractivity contribution in [3.05, 3.63) is 0 Å². The van der Waals surface area contributed by atoms with Crippen LogP contribution in [0.15, 0.2) is 0 Å². The lowest BCUT2D eigenvalue weighted by molar-refractivity contribution is -0.271. The van der Waals surface area contributed by atoms with Crippen molar-refractivity contribution in [2.45, 2.75) is 50.1 Å². The zero-order chi connectivity index (χ0) is 15.0. The number of hydrogen-bond acceptors (Lipinski definition) is 3. The summed E-state index contributed by atoms with van der Waals surface area (Å²) in [5, 5.41) is 12.3. The van der Waals surface area contributed by atoms with E-state index in [2.05, 4.69) is 5.32 Å². The lowest BCUT2D eigenvalue weighted by Gasteiger charge is -2.39. The van der Waals surface area contributed by atoms with Crippen LogP contribution >= 0.6 is 0 Å². The molecule has 2 heterocycles. The summed E-state index contributed by atoms with van der Waals surface area (Å²) < 4.78 is 43.3. The van der Waals surface area contributed by atoms with Gasteiger partial charge in [0.15, 0.2) is 5.60 Å². The van der Waals surface area contributed by atoms with E-state index in [9.17, 15) is 23.1 Å². The number of alkyl halides is 3. The van der Waals surface area contributed by atoms with Gasteiger partial charge in [0.2, 0.25) is 0 Å². The third kappa shape index (κ3) is 3.01. The molecule has 0 saturated carbocycles. The molecule has 0 unspecified atom stereocenters. The fourth-order valence-electron chi connectivity index (χ4n) is 2.53. The summed E-state index contributed by atoms with van der Waals surface area (Å²) in [4.78, 5) is 13.3. The minimum Gasteiger partial charge on any atom is -0.380 e. The molecule has 0 aromatic carbocycles. The number of nitrogens with one attached hydrogen (secondary N) is 1. The van der Waals surface area contributed by atoms with Crippen LogP contribution in [0.3, 0.4) is 0 Å². The normalized spacial score (nSPS) is 30.4. The van der Waals surface area contributed by atoms with Crippen LogP contribution in [-0.2, 0) is 4.74 Å². The molecule has 2 saturated heterocycles. The maximum atomic E-state index is 12.6. The number of likely N-dealkylation sites (tertiary alicyclic amines) is 1. The first-order valence-corrected chi connectivity index (χ1v) is 6.69. The molecule has 0 radical (unpaired) electrons. The number of aliphatic hydroxyl groups is 1. The number of hydrogen-bond donors (Lipinski definition) is 2. The van der Waals surface area contributed by atoms with Gasteiger partial charge in [-0.3, -0.25) is 0 Å². The lowest BCUT2D eigenvalue weighted by atomic mass is 9.91. The van der Waals surface area contributed by atoms with Gasteiger partial charge in [0.1, 0.15) is 0 Å². The van der Waals surface area contributed by atoms with Crippen molar-refractivity contribution in [3.63, 3.8) is 0 Å². The minimum atomic E-state index is -4.65. The zero-order valence-corrected chi connectivity index (χ0v) is 11.2. The highest BCUT2D eigenvalue weighted by Gasteiger charge is 2.55. The van der Waals surface area contributed by atoms with Gasteiger partial charge in [-0.2, -0.15) is 13.2 Å². The fourth-order valence-corrected chi connectivity index (χ4v) is 2.53. The number of carbonyl (C=O) groups excluding carboxylic acids is 1. The number of piperidine rings is 1. The maximum absolute atomic E-state index is 12.6. The Hall–Kier alpha value is -1.02. The van der Waals surface area contributed by atoms with Crippen molar-refractivity contribution in [2.75, 3.05) is 19.7 Å². The molecule has 0 aromatic heterocycles. The van der Waals surface area contributed by atoms with Gasteiger partial charge in [0.25, 0.3) is 0 Å². The molecule has 2 atom stereocenters. The zero-order valence-electron chi connectivity index (χ0n) is 11.2. The predicted molar refractivity (Wildman–Crippen MR) is 64.2 cm³/mol. The van der Waals surface area contributed by atoms with E-state index < -0.39 is 30.7 Å². The summed E-state index contributed by atoms with van der Waals surface area (Å²) in [5.74, 6) is 0. The van der Waals surface area contributed by atoms with Crippen molar-refractivity contribution in [1.82, 2.24) is 10.2 Å². The van der Waals surface area contributed by atoms with Crippen LogP contribution in [0.2, 0.25) is 0 Å². The molecule has 0 aliphatic carbocycles. The molecular formula is C12H19F3N2O3. The molecule has 0 bridgehead atoms. The Kier molecular flexibility index (Phi) is 4.15. The maximum Gasteiger partial charge on any atom is 0.417 e. The molecule has 2 aliphatic rings. The van der Waals surface area contributed by atoms with Crippen molar-refractivity contribution in [3.8, 4) is 0 Å². The van der Waals surface area contributed by atoms with Crippen LogP contribution in [-0.4, -0.2) is 59.7 Å². The average molecular weight is 296 g/mol. The van der Waals surface area contributed by atoms with E-state index >= 15 is 0 Å². The number of nitrogens with zero attached hydrogens (tertiary/aromatic N) is 1. The molecule has 0 aromatic rings. The first-order chi connectivity index (χ1) is 9.23. The standard InChI is InChI=1S/C12H19F3N2O3/c1-8-9(2-7-20-8)16-10(18)17-5-3-11(19,4-6-17)12(13,14)15/h8-9,19H,2-7H2,1H3,(H,16,18)/t8-,9-/m0/s1. The van der Waals surface area contributed by atoms with E-state index in [-0.39, 0.29) is 25.2 Å². The van der Waals surface area contributed by atoms with E-state index in [1.807, 2.05) is 6.92 Å². The molecule has 8 heteroatoms. The molecule has 116 valence electrons. The minimum absolute atomic E-state index is 0.0872. The average Bonchev–Trinajstić information content (AvgIpc) is 2.74. The van der Waals surface area contributed by atoms with Crippen LogP contribution in [0.4, 0.5) is 18.0 Å². The summed E-state index contributed by atoms with van der Waals surface area (Å²) in [6, 6.07) is -0.498. The summed E-state index contributed by atoms with van der Waals surface area (Å²) in [7, 11) is 0. The Morgan fingerprint density at radius 3 is 2.45 bits per heavy atom. The highest BCUT2D eigenvalue weighted by atomic mass is 19.4. The van der Waals surface area contributed by atoms with Crippen LogP contribution in [0, 0.1) is 0 Å². The van der Waals surface area contributed by atoms with Gasteiger partial charge >= 0.3 is 12.2 Å². The fraction of sp³-hybridized carbons (Fsp3) is 0.917. The Labute approximate surface area is 115 Å². The third-order valence-corrected chi connectivity index (χ3v) is 4.09. The predicted octanol–water partition coefficient (Wildman–Crippen LogP) is 1.26. The van der Waals surface area contributed by atoms with Gasteiger partial charge in [0.05, 0.1) is 12.1 Å². The number of urea groups is 1. The van der Waals surface area contributed by atoms with Gasteiger partial charge in [-0.1, -0.05) is 0 Å². The van der Waals surface area contributed by atoms with Crippen molar-refractivity contribution < 1.29 is 27.8 Å². The molecule has 2 fully saturated rings. The molecule has 2 amide bonds. The summed E-state index contributed by atoms with van der Waals surface area (Å²) in [5.41, 5.74) is -2.67. The Morgan fingerprint density at radius 1 is 1.40 bits per heavy atom. The largest absolute Gasteiger partial charge is 0.417 e. The smallest absolute Gasteiger partial charge is 0.380 e. The van der Waals surface area contributed by atoms with Gasteiger partial charge < -0.3 is 20.1 Å². The molecule has 2 N–H and O–H groups in total. The highest BCUT2D eigenvalue weighted by molar-refractivity contribution is 5.74. The van der Waals surface area contributed by atoms with Gasteiger partial charge in [-0.15, -0.1) is 0 Å². The van der Waals surface area contributed by atoms with Crippen molar-refractivity contribution >= 4 is 6.03 Å². The Morgan fingerprint density at radius 2 is 2.00 bits per heavy atom. The van der Waals surface area contributed by atoms with E-state index in [0.29, 0.717) is 13.0 Å². The van der Waals surface area contributed by atoms with E-state index in [1.165, 1.54) is 4.90 Å². The van der Waals surface area contributed by atoms with Crippen LogP contribution in [0.25, 0.3) is 0 Å². The van der Waals surface area contributed by atoms with Gasteiger partial charge in [-0.25, -0.2) is 4.79 Å². The molecule has 2 rings (SSSR count). The van der Waals surface area contributed by atoms with E-state index in [0.717, 1.165) is 0 Å². The van der Waals surface area contributed by atoms with E-state index in [4.69, 9.17) is 4.74 Å². The number of amides is 2. The van der Waals surface area contributed by atoms with E-state index in [1.54, 1.807) is 0 Å². The van der Waals surface area contributed by atoms with Crippen LogP contribution in [0.5, 0.6) is 0 Å². The van der Waals surface area contributed by atoms with Gasteiger partial charge in [-0.05, 0) is 13.3 Å². The molecular weight excluding hydrogens is 277 g/mol. The van der Waals surface area contributed by atoms with Crippen LogP contribution < -0.4 is 5.32 Å². The molecule has 5 nitrogen and oxygen atoms in total. The summed E-state index contributed by atoms with van der Waals surface area (Å²) >= 11 is 0. The molecule has 0 spiro atoms. The first kappa shape index (κ1) is 15.4. The lowest BCUT2D eigenvalue weighted by Crippen LogP contribution is -2.57. The topological polar surface area (TPSA) is 61.8 Å². The second-order valence-corrected chi connectivity index (χ2v) is 5.44. The highest BCUT2D eigenvalue weighted by Crippen LogP contribution is 2.38. The Bertz CT molecular complexity index is 367. The van der Waals surface area contributed by atoms with Crippen LogP contribution in [0.1, 0.15) is 26.2 Å². The second-order valence-electron chi connectivity index (χ2n) is 5.44. The monoisotopic (exact) mass is 296 g/mol. The number of halogens is 3. The van der Waals surface area contributed by atoms with Gasteiger partial charge in [0, 0.05) is 32.5 Å². The Balaban J connectivity index is 1.86. The van der Waals surface area contributed by atoms with Crippen molar-refractivity contribution in [2.24, 2.45) is 0 Å². The molecule has 2 aliphatic heterocycles. The SMILES string of the molecule is C[C@@H]1OCC[C@@H]1NC(=O)N1CCC(O)(C(F)(F)F)CC1. The van der Waals surface area contributed by atoms with Crippen molar-refractivity contribution in [1.29, 1.82) is 0 Å². The number of rotatable bonds is 1. The quantitative estimate of drug-likeness (QED) is 0.766. The third-order valence-electron chi connectivity index (χ3n) is 4.09. The summed E-state index contributed by atoms with van der Waals surface area (Å²) in [6.45, 7) is 2.20. The summed E-state index contributed by atoms with van der Waals surface area (Å²) in [6.07, 6.45) is -5.01.